The van der Waals surface area contributed by atoms with Gasteiger partial charge in [0.05, 0.1) is 6.61 Å². The first-order chi connectivity index (χ1) is 11.7. The van der Waals surface area contributed by atoms with E-state index < -0.39 is 11.6 Å². The second-order valence-corrected chi connectivity index (χ2v) is 6.75. The molecule has 0 N–H and O–H groups in total. The largest absolute Gasteiger partial charge is 0.493 e. The number of hydrogen-bond donors (Lipinski definition) is 0. The van der Waals surface area contributed by atoms with Crippen molar-refractivity contribution >= 4 is 6.29 Å². The highest BCUT2D eigenvalue weighted by atomic mass is 19.1. The van der Waals surface area contributed by atoms with Crippen LogP contribution in [-0.2, 0) is 0 Å². The standard InChI is InChI=1S/C20H18F2O2/c21-15-5-6-16(18(22)9-15)20-17(14-3-4-14)7-13(10-23)8-19(20)24-11-12-1-2-12/h5-10,12,14H,1-4,11H2. The zero-order chi connectivity index (χ0) is 16.7. The Bertz CT molecular complexity index is 792. The van der Waals surface area contributed by atoms with Crippen molar-refractivity contribution in [3.8, 4) is 16.9 Å². The van der Waals surface area contributed by atoms with Crippen molar-refractivity contribution in [2.45, 2.75) is 31.6 Å². The van der Waals surface area contributed by atoms with E-state index in [2.05, 4.69) is 0 Å². The Morgan fingerprint density at radius 3 is 2.50 bits per heavy atom. The molecule has 0 saturated heterocycles. The number of benzene rings is 2. The quantitative estimate of drug-likeness (QED) is 0.689. The van der Waals surface area contributed by atoms with E-state index in [-0.39, 0.29) is 0 Å². The van der Waals surface area contributed by atoms with Crippen LogP contribution in [0.1, 0.15) is 47.5 Å². The highest BCUT2D eigenvalue weighted by Crippen LogP contribution is 2.48. The number of rotatable bonds is 6. The maximum atomic E-state index is 14.4. The van der Waals surface area contributed by atoms with Gasteiger partial charge in [-0.15, -0.1) is 0 Å². The van der Waals surface area contributed by atoms with Gasteiger partial charge in [0.2, 0.25) is 0 Å². The molecule has 0 aliphatic heterocycles. The topological polar surface area (TPSA) is 26.3 Å². The van der Waals surface area contributed by atoms with Crippen LogP contribution >= 0.6 is 0 Å². The summed E-state index contributed by atoms with van der Waals surface area (Å²) in [5.41, 5.74) is 2.47. The van der Waals surface area contributed by atoms with Gasteiger partial charge in [-0.2, -0.15) is 0 Å². The smallest absolute Gasteiger partial charge is 0.150 e. The summed E-state index contributed by atoms with van der Waals surface area (Å²) >= 11 is 0. The van der Waals surface area contributed by atoms with Gasteiger partial charge in [0.1, 0.15) is 23.7 Å². The highest BCUT2D eigenvalue weighted by Gasteiger charge is 2.30. The van der Waals surface area contributed by atoms with Gasteiger partial charge >= 0.3 is 0 Å². The molecule has 0 spiro atoms. The first-order valence-corrected chi connectivity index (χ1v) is 8.37. The Morgan fingerprint density at radius 1 is 1.08 bits per heavy atom. The van der Waals surface area contributed by atoms with Gasteiger partial charge < -0.3 is 4.74 Å². The zero-order valence-electron chi connectivity index (χ0n) is 13.2. The average molecular weight is 328 g/mol. The summed E-state index contributed by atoms with van der Waals surface area (Å²) in [6.45, 7) is 0.572. The molecule has 0 unspecified atom stereocenters. The molecule has 2 aliphatic rings. The Kier molecular flexibility index (Phi) is 3.83. The molecule has 2 nitrogen and oxygen atoms in total. The van der Waals surface area contributed by atoms with Crippen LogP contribution in [0.2, 0.25) is 0 Å². The van der Waals surface area contributed by atoms with E-state index >= 15 is 0 Å². The lowest BCUT2D eigenvalue weighted by atomic mass is 9.93. The lowest BCUT2D eigenvalue weighted by molar-refractivity contribution is 0.112. The van der Waals surface area contributed by atoms with Crippen molar-refractivity contribution in [2.24, 2.45) is 5.92 Å². The van der Waals surface area contributed by atoms with Crippen LogP contribution in [0.5, 0.6) is 5.75 Å². The molecular formula is C20H18F2O2. The zero-order valence-corrected chi connectivity index (χ0v) is 13.2. The van der Waals surface area contributed by atoms with E-state index in [1.807, 2.05) is 6.07 Å². The summed E-state index contributed by atoms with van der Waals surface area (Å²) in [7, 11) is 0. The predicted molar refractivity (Wildman–Crippen MR) is 87.4 cm³/mol. The van der Waals surface area contributed by atoms with Crippen LogP contribution < -0.4 is 4.74 Å². The minimum Gasteiger partial charge on any atom is -0.493 e. The molecule has 124 valence electrons. The van der Waals surface area contributed by atoms with Crippen LogP contribution in [0.4, 0.5) is 8.78 Å². The predicted octanol–water partition coefficient (Wildman–Crippen LogP) is 5.11. The molecule has 4 rings (SSSR count). The molecule has 2 fully saturated rings. The Balaban J connectivity index is 1.85. The van der Waals surface area contributed by atoms with Crippen molar-refractivity contribution in [3.05, 3.63) is 53.1 Å². The third kappa shape index (κ3) is 3.05. The lowest BCUT2D eigenvalue weighted by Crippen LogP contribution is -2.04. The van der Waals surface area contributed by atoms with Gasteiger partial charge in [-0.1, -0.05) is 0 Å². The summed E-state index contributed by atoms with van der Waals surface area (Å²) in [4.78, 5) is 11.3. The molecule has 4 heteroatoms. The molecule has 0 atom stereocenters. The van der Waals surface area contributed by atoms with Gasteiger partial charge in [-0.3, -0.25) is 4.79 Å². The summed E-state index contributed by atoms with van der Waals surface area (Å²) in [6.07, 6.45) is 5.10. The fourth-order valence-corrected chi connectivity index (χ4v) is 3.03. The van der Waals surface area contributed by atoms with E-state index in [1.54, 1.807) is 6.07 Å². The summed E-state index contributed by atoms with van der Waals surface area (Å²) in [5, 5.41) is 0. The molecule has 0 bridgehead atoms. The Labute approximate surface area is 139 Å². The maximum Gasteiger partial charge on any atom is 0.150 e. The Morgan fingerprint density at radius 2 is 1.88 bits per heavy atom. The van der Waals surface area contributed by atoms with Crippen LogP contribution in [0.3, 0.4) is 0 Å². The molecular weight excluding hydrogens is 310 g/mol. The number of ether oxygens (including phenoxy) is 1. The van der Waals surface area contributed by atoms with Gasteiger partial charge in [0.15, 0.2) is 0 Å². The van der Waals surface area contributed by atoms with Crippen molar-refractivity contribution in [2.75, 3.05) is 6.61 Å². The fourth-order valence-electron chi connectivity index (χ4n) is 3.03. The summed E-state index contributed by atoms with van der Waals surface area (Å²) in [6, 6.07) is 7.08. The minimum absolute atomic E-state index is 0.313. The van der Waals surface area contributed by atoms with Crippen molar-refractivity contribution in [1.82, 2.24) is 0 Å². The van der Waals surface area contributed by atoms with Crippen LogP contribution in [0.25, 0.3) is 11.1 Å². The molecule has 2 aromatic carbocycles. The Hall–Kier alpha value is -2.23. The van der Waals surface area contributed by atoms with Crippen LogP contribution in [-0.4, -0.2) is 12.9 Å². The van der Waals surface area contributed by atoms with Gasteiger partial charge in [-0.05, 0) is 67.3 Å². The van der Waals surface area contributed by atoms with E-state index in [0.29, 0.717) is 40.9 Å². The number of halogens is 2. The lowest BCUT2D eigenvalue weighted by Gasteiger charge is -2.17. The van der Waals surface area contributed by atoms with E-state index in [1.165, 1.54) is 12.1 Å². The summed E-state index contributed by atoms with van der Waals surface area (Å²) in [5.74, 6) is 0.174. The molecule has 0 heterocycles. The SMILES string of the molecule is O=Cc1cc(OCC2CC2)c(-c2ccc(F)cc2F)c(C2CC2)c1. The van der Waals surface area contributed by atoms with E-state index in [0.717, 1.165) is 43.6 Å². The molecule has 0 aromatic heterocycles. The maximum absolute atomic E-state index is 14.4. The second kappa shape index (κ2) is 6.00. The van der Waals surface area contributed by atoms with Gasteiger partial charge in [-0.25, -0.2) is 8.78 Å². The fraction of sp³-hybridized carbons (Fsp3) is 0.350. The molecule has 2 saturated carbocycles. The highest BCUT2D eigenvalue weighted by molar-refractivity contribution is 5.83. The van der Waals surface area contributed by atoms with Gasteiger partial charge in [0, 0.05) is 22.8 Å². The van der Waals surface area contributed by atoms with Gasteiger partial charge in [0.25, 0.3) is 0 Å². The van der Waals surface area contributed by atoms with Crippen LogP contribution in [0, 0.1) is 17.6 Å². The number of hydrogen-bond acceptors (Lipinski definition) is 2. The normalized spacial score (nSPS) is 16.9. The molecule has 2 aliphatic carbocycles. The van der Waals surface area contributed by atoms with Crippen molar-refractivity contribution in [1.29, 1.82) is 0 Å². The average Bonchev–Trinajstić information content (AvgIpc) is 3.46. The summed E-state index contributed by atoms with van der Waals surface area (Å²) < 4.78 is 33.6. The molecule has 24 heavy (non-hydrogen) atoms. The third-order valence-corrected chi connectivity index (χ3v) is 4.68. The number of aldehydes is 1. The van der Waals surface area contributed by atoms with E-state index in [4.69, 9.17) is 4.74 Å². The molecule has 2 aromatic rings. The third-order valence-electron chi connectivity index (χ3n) is 4.68. The second-order valence-electron chi connectivity index (χ2n) is 6.75. The molecule has 0 amide bonds. The van der Waals surface area contributed by atoms with Crippen molar-refractivity contribution in [3.63, 3.8) is 0 Å². The number of carbonyl (C=O) groups excluding carboxylic acids is 1. The van der Waals surface area contributed by atoms with Crippen molar-refractivity contribution < 1.29 is 18.3 Å². The number of carbonyl (C=O) groups is 1. The minimum atomic E-state index is -0.605. The first-order valence-electron chi connectivity index (χ1n) is 8.37. The first kappa shape index (κ1) is 15.3. The molecule has 0 radical (unpaired) electrons. The van der Waals surface area contributed by atoms with E-state index in [9.17, 15) is 13.6 Å². The van der Waals surface area contributed by atoms with Crippen LogP contribution in [0.15, 0.2) is 30.3 Å². The monoisotopic (exact) mass is 328 g/mol.